The number of fused-ring (bicyclic) bond motifs is 2. The van der Waals surface area contributed by atoms with Gasteiger partial charge in [-0.2, -0.15) is 0 Å². The number of hydrogen-bond acceptors (Lipinski definition) is 2. The number of hydrogen-bond donors (Lipinski definition) is 1. The van der Waals surface area contributed by atoms with Crippen LogP contribution in [0.3, 0.4) is 0 Å². The summed E-state index contributed by atoms with van der Waals surface area (Å²) in [7, 11) is 2.03. The molecular weight excluding hydrogens is 244 g/mol. The highest BCUT2D eigenvalue weighted by atomic mass is 15.2. The zero-order valence-corrected chi connectivity index (χ0v) is 13.0. The summed E-state index contributed by atoms with van der Waals surface area (Å²) >= 11 is 0. The molecule has 0 radical (unpaired) electrons. The Kier molecular flexibility index (Phi) is 4.02. The zero-order valence-electron chi connectivity index (χ0n) is 13.0. The molecule has 1 aromatic rings. The molecule has 1 aliphatic carbocycles. The summed E-state index contributed by atoms with van der Waals surface area (Å²) in [4.78, 5) is 2.64. The average molecular weight is 272 g/mol. The van der Waals surface area contributed by atoms with Crippen molar-refractivity contribution < 1.29 is 0 Å². The van der Waals surface area contributed by atoms with E-state index in [2.05, 4.69) is 35.3 Å². The number of nitrogens with zero attached hydrogens (tertiary/aromatic N) is 1. The predicted octanol–water partition coefficient (Wildman–Crippen LogP) is 3.84. The van der Waals surface area contributed by atoms with Crippen molar-refractivity contribution in [1.29, 1.82) is 0 Å². The third kappa shape index (κ3) is 2.35. The second-order valence-electron chi connectivity index (χ2n) is 6.64. The van der Waals surface area contributed by atoms with E-state index in [1.165, 1.54) is 62.9 Å². The van der Waals surface area contributed by atoms with Gasteiger partial charge in [0.05, 0.1) is 0 Å². The molecule has 1 N–H and O–H groups in total. The Bertz CT molecular complexity index is 460. The van der Waals surface area contributed by atoms with Crippen LogP contribution < -0.4 is 10.2 Å². The Morgan fingerprint density at radius 3 is 2.70 bits per heavy atom. The van der Waals surface area contributed by atoms with Gasteiger partial charge in [-0.1, -0.05) is 38.3 Å². The topological polar surface area (TPSA) is 15.3 Å². The van der Waals surface area contributed by atoms with Gasteiger partial charge >= 0.3 is 0 Å². The van der Waals surface area contributed by atoms with Crippen LogP contribution in [-0.4, -0.2) is 20.1 Å². The molecule has 1 heterocycles. The van der Waals surface area contributed by atoms with E-state index in [1.807, 2.05) is 7.05 Å². The van der Waals surface area contributed by atoms with Crippen molar-refractivity contribution in [3.63, 3.8) is 0 Å². The van der Waals surface area contributed by atoms with Crippen molar-refractivity contribution in [2.45, 2.75) is 57.4 Å². The lowest BCUT2D eigenvalue weighted by Gasteiger charge is -2.34. The fourth-order valence-electron chi connectivity index (χ4n) is 4.26. The van der Waals surface area contributed by atoms with Crippen LogP contribution in [-0.2, 0) is 12.0 Å². The van der Waals surface area contributed by atoms with E-state index in [4.69, 9.17) is 0 Å². The van der Waals surface area contributed by atoms with Gasteiger partial charge in [0.25, 0.3) is 0 Å². The monoisotopic (exact) mass is 272 g/mol. The molecule has 110 valence electrons. The highest BCUT2D eigenvalue weighted by Crippen LogP contribution is 2.49. The Morgan fingerprint density at radius 1 is 1.20 bits per heavy atom. The minimum Gasteiger partial charge on any atom is -0.370 e. The van der Waals surface area contributed by atoms with Crippen molar-refractivity contribution in [3.05, 3.63) is 29.3 Å². The fourth-order valence-corrected chi connectivity index (χ4v) is 4.26. The highest BCUT2D eigenvalue weighted by Gasteiger charge is 2.42. The molecule has 1 aliphatic heterocycles. The average Bonchev–Trinajstić information content (AvgIpc) is 2.75. The molecule has 0 amide bonds. The van der Waals surface area contributed by atoms with Gasteiger partial charge in [0.2, 0.25) is 0 Å². The van der Waals surface area contributed by atoms with Gasteiger partial charge in [-0.15, -0.1) is 0 Å². The summed E-state index contributed by atoms with van der Waals surface area (Å²) < 4.78 is 0. The third-order valence-corrected chi connectivity index (χ3v) is 5.15. The second-order valence-corrected chi connectivity index (χ2v) is 6.64. The van der Waals surface area contributed by atoms with E-state index in [1.54, 1.807) is 5.56 Å². The molecule has 20 heavy (non-hydrogen) atoms. The van der Waals surface area contributed by atoms with Crippen molar-refractivity contribution in [2.75, 3.05) is 25.0 Å². The minimum atomic E-state index is 0.465. The lowest BCUT2D eigenvalue weighted by molar-refractivity contribution is 0.310. The first-order chi connectivity index (χ1) is 9.79. The molecule has 2 nitrogen and oxygen atoms in total. The number of benzene rings is 1. The lowest BCUT2D eigenvalue weighted by atomic mass is 9.70. The molecule has 0 unspecified atom stereocenters. The molecule has 1 aromatic carbocycles. The molecule has 0 bridgehead atoms. The summed E-state index contributed by atoms with van der Waals surface area (Å²) in [6.45, 7) is 5.75. The van der Waals surface area contributed by atoms with E-state index >= 15 is 0 Å². The molecular formula is C18H28N2. The first kappa shape index (κ1) is 13.9. The normalized spacial score (nSPS) is 20.4. The van der Waals surface area contributed by atoms with Crippen LogP contribution in [0.15, 0.2) is 18.2 Å². The third-order valence-electron chi connectivity index (χ3n) is 5.15. The van der Waals surface area contributed by atoms with Crippen LogP contribution in [0.5, 0.6) is 0 Å². The van der Waals surface area contributed by atoms with Crippen molar-refractivity contribution in [2.24, 2.45) is 0 Å². The van der Waals surface area contributed by atoms with Crippen LogP contribution >= 0.6 is 0 Å². The quantitative estimate of drug-likeness (QED) is 0.896. The van der Waals surface area contributed by atoms with Crippen LogP contribution in [0.25, 0.3) is 0 Å². The molecule has 1 saturated carbocycles. The van der Waals surface area contributed by atoms with Gasteiger partial charge in [0, 0.05) is 30.7 Å². The van der Waals surface area contributed by atoms with E-state index in [0.717, 1.165) is 6.54 Å². The lowest BCUT2D eigenvalue weighted by Crippen LogP contribution is -2.35. The number of nitrogens with one attached hydrogen (secondary N) is 1. The maximum Gasteiger partial charge on any atom is 0.0405 e. The standard InChI is InChI=1S/C18H28N2/c1-3-11-20-14-18(9-5-4-6-10-18)16-12-15(13-19-2)7-8-17(16)20/h7-8,12,19H,3-6,9-11,13-14H2,1-2H3. The zero-order chi connectivity index (χ0) is 14.0. The Hall–Kier alpha value is -1.02. The van der Waals surface area contributed by atoms with Crippen LogP contribution in [0.2, 0.25) is 0 Å². The summed E-state index contributed by atoms with van der Waals surface area (Å²) in [6.07, 6.45) is 8.28. The van der Waals surface area contributed by atoms with E-state index in [0.29, 0.717) is 5.41 Å². The van der Waals surface area contributed by atoms with Crippen LogP contribution in [0.4, 0.5) is 5.69 Å². The SMILES string of the molecule is CCCN1CC2(CCCCC2)c2cc(CNC)ccc21. The molecule has 0 atom stereocenters. The van der Waals surface area contributed by atoms with Gasteiger partial charge in [-0.3, -0.25) is 0 Å². The molecule has 2 heteroatoms. The van der Waals surface area contributed by atoms with Gasteiger partial charge in [0.15, 0.2) is 0 Å². The van der Waals surface area contributed by atoms with E-state index < -0.39 is 0 Å². The van der Waals surface area contributed by atoms with Gasteiger partial charge in [0.1, 0.15) is 0 Å². The van der Waals surface area contributed by atoms with Crippen LogP contribution in [0, 0.1) is 0 Å². The molecule has 0 saturated heterocycles. The molecule has 2 aliphatic rings. The summed E-state index contributed by atoms with van der Waals surface area (Å²) in [5.74, 6) is 0. The van der Waals surface area contributed by atoms with Crippen molar-refractivity contribution in [1.82, 2.24) is 5.32 Å². The Labute approximate surface area is 123 Å². The summed E-state index contributed by atoms with van der Waals surface area (Å²) in [5, 5.41) is 3.29. The largest absolute Gasteiger partial charge is 0.370 e. The first-order valence-corrected chi connectivity index (χ1v) is 8.32. The van der Waals surface area contributed by atoms with Crippen LogP contribution in [0.1, 0.15) is 56.6 Å². The van der Waals surface area contributed by atoms with Crippen molar-refractivity contribution >= 4 is 5.69 Å². The molecule has 1 fully saturated rings. The second kappa shape index (κ2) is 5.77. The number of anilines is 1. The maximum atomic E-state index is 3.29. The highest BCUT2D eigenvalue weighted by molar-refractivity contribution is 5.64. The maximum absolute atomic E-state index is 3.29. The summed E-state index contributed by atoms with van der Waals surface area (Å²) in [6, 6.07) is 7.17. The molecule has 1 spiro atoms. The van der Waals surface area contributed by atoms with Gasteiger partial charge < -0.3 is 10.2 Å². The first-order valence-electron chi connectivity index (χ1n) is 8.32. The van der Waals surface area contributed by atoms with E-state index in [9.17, 15) is 0 Å². The van der Waals surface area contributed by atoms with Gasteiger partial charge in [-0.25, -0.2) is 0 Å². The minimum absolute atomic E-state index is 0.465. The molecule has 3 rings (SSSR count). The van der Waals surface area contributed by atoms with Gasteiger partial charge in [-0.05, 0) is 43.5 Å². The van der Waals surface area contributed by atoms with E-state index in [-0.39, 0.29) is 0 Å². The van der Waals surface area contributed by atoms with Crippen molar-refractivity contribution in [3.8, 4) is 0 Å². The molecule has 0 aromatic heterocycles. The predicted molar refractivity (Wildman–Crippen MR) is 86.5 cm³/mol. The Morgan fingerprint density at radius 2 is 2.00 bits per heavy atom. The number of rotatable bonds is 4. The smallest absolute Gasteiger partial charge is 0.0405 e. The fraction of sp³-hybridized carbons (Fsp3) is 0.667. The Balaban J connectivity index is 1.98. The summed E-state index contributed by atoms with van der Waals surface area (Å²) in [5.41, 5.74) is 5.08.